The van der Waals surface area contributed by atoms with Crippen molar-refractivity contribution >= 4 is 23.2 Å². The molecule has 164 valence electrons. The van der Waals surface area contributed by atoms with Gasteiger partial charge >= 0.3 is 0 Å². The highest BCUT2D eigenvalue weighted by Gasteiger charge is 2.27. The zero-order valence-corrected chi connectivity index (χ0v) is 17.5. The Hall–Kier alpha value is -3.17. The number of aliphatic hydroxyl groups excluding tert-OH is 1. The monoisotopic (exact) mass is 425 g/mol. The average Bonchev–Trinajstić information content (AvgIpc) is 2.80. The number of rotatable bonds is 6. The van der Waals surface area contributed by atoms with Gasteiger partial charge in [-0.3, -0.25) is 14.5 Å². The smallest absolute Gasteiger partial charge is 0.269 e. The van der Waals surface area contributed by atoms with E-state index < -0.39 is 6.10 Å². The zero-order chi connectivity index (χ0) is 21.8. The fraction of sp³-hybridized carbons (Fsp3) is 0.409. The van der Waals surface area contributed by atoms with E-state index in [9.17, 15) is 9.59 Å². The summed E-state index contributed by atoms with van der Waals surface area (Å²) in [6.45, 7) is 4.23. The molecule has 1 aromatic heterocycles. The molecule has 2 amide bonds. The first-order chi connectivity index (χ1) is 15.1. The number of amides is 2. The molecule has 0 unspecified atom stereocenters. The predicted octanol–water partition coefficient (Wildman–Crippen LogP) is 0.845. The summed E-state index contributed by atoms with van der Waals surface area (Å²) in [6.07, 6.45) is 1.38. The molecule has 2 aliphatic heterocycles. The van der Waals surface area contributed by atoms with Gasteiger partial charge in [0.1, 0.15) is 11.4 Å². The van der Waals surface area contributed by atoms with Crippen LogP contribution in [0.15, 0.2) is 36.5 Å². The van der Waals surface area contributed by atoms with Crippen molar-refractivity contribution in [2.75, 3.05) is 50.1 Å². The molecule has 1 atom stereocenters. The van der Waals surface area contributed by atoms with Crippen LogP contribution < -0.4 is 20.3 Å². The molecule has 0 aliphatic carbocycles. The normalized spacial score (nSPS) is 18.7. The van der Waals surface area contributed by atoms with E-state index in [1.165, 1.54) is 0 Å². The lowest BCUT2D eigenvalue weighted by atomic mass is 10.1. The molecule has 0 bridgehead atoms. The maximum absolute atomic E-state index is 12.1. The molecule has 0 spiro atoms. The zero-order valence-electron chi connectivity index (χ0n) is 17.5. The molecule has 0 radical (unpaired) electrons. The molecular weight excluding hydrogens is 398 g/mol. The second-order valence-corrected chi connectivity index (χ2v) is 7.68. The number of carbonyl (C=O) groups is 2. The Morgan fingerprint density at radius 1 is 1.26 bits per heavy atom. The second-order valence-electron chi connectivity index (χ2n) is 7.68. The van der Waals surface area contributed by atoms with Crippen LogP contribution in [0.1, 0.15) is 22.5 Å². The Balaban J connectivity index is 1.33. The molecule has 2 aromatic rings. The molecule has 1 saturated heterocycles. The number of fused-ring (bicyclic) bond motifs is 1. The van der Waals surface area contributed by atoms with Gasteiger partial charge in [0.2, 0.25) is 0 Å². The summed E-state index contributed by atoms with van der Waals surface area (Å²) in [6, 6.07) is 9.53. The highest BCUT2D eigenvalue weighted by atomic mass is 16.5. The van der Waals surface area contributed by atoms with Gasteiger partial charge < -0.3 is 25.4 Å². The topological polar surface area (TPSA) is 107 Å². The Bertz CT molecular complexity index is 941. The quantitative estimate of drug-likeness (QED) is 0.630. The molecule has 3 heterocycles. The van der Waals surface area contributed by atoms with E-state index in [0.29, 0.717) is 17.1 Å². The highest BCUT2D eigenvalue weighted by molar-refractivity contribution is 5.97. The van der Waals surface area contributed by atoms with Gasteiger partial charge in [0.25, 0.3) is 11.8 Å². The Labute approximate surface area is 181 Å². The summed E-state index contributed by atoms with van der Waals surface area (Å²) >= 11 is 0. The maximum atomic E-state index is 12.1. The molecule has 9 nitrogen and oxygen atoms in total. The molecule has 3 N–H and O–H groups in total. The number of carbonyl (C=O) groups excluding carboxylic acids is 2. The molecule has 9 heteroatoms. The van der Waals surface area contributed by atoms with Gasteiger partial charge in [-0.05, 0) is 29.8 Å². The van der Waals surface area contributed by atoms with Crippen LogP contribution in [-0.4, -0.2) is 72.7 Å². The number of aromatic nitrogens is 1. The van der Waals surface area contributed by atoms with Crippen LogP contribution in [0.25, 0.3) is 0 Å². The number of hydrogen-bond donors (Lipinski definition) is 3. The van der Waals surface area contributed by atoms with Gasteiger partial charge in [-0.1, -0.05) is 6.07 Å². The van der Waals surface area contributed by atoms with Crippen LogP contribution in [-0.2, 0) is 11.3 Å². The summed E-state index contributed by atoms with van der Waals surface area (Å²) < 4.78 is 5.70. The number of benzene rings is 1. The van der Waals surface area contributed by atoms with Gasteiger partial charge in [0.15, 0.2) is 6.10 Å². The third-order valence-corrected chi connectivity index (χ3v) is 5.61. The van der Waals surface area contributed by atoms with Crippen LogP contribution >= 0.6 is 0 Å². The summed E-state index contributed by atoms with van der Waals surface area (Å²) in [4.78, 5) is 32.6. The molecule has 0 saturated carbocycles. The van der Waals surface area contributed by atoms with Crippen molar-refractivity contribution in [3.8, 4) is 5.75 Å². The average molecular weight is 425 g/mol. The molecule has 31 heavy (non-hydrogen) atoms. The van der Waals surface area contributed by atoms with Crippen LogP contribution in [0.5, 0.6) is 5.75 Å². The van der Waals surface area contributed by atoms with Crippen LogP contribution in [0.2, 0.25) is 0 Å². The number of nitrogens with zero attached hydrogens (tertiary/aromatic N) is 3. The molecule has 1 aromatic carbocycles. The van der Waals surface area contributed by atoms with E-state index in [0.717, 1.165) is 44.0 Å². The lowest BCUT2D eigenvalue weighted by molar-refractivity contribution is -0.124. The molecule has 4 rings (SSSR count). The Morgan fingerprint density at radius 2 is 2.06 bits per heavy atom. The van der Waals surface area contributed by atoms with Crippen molar-refractivity contribution in [1.29, 1.82) is 0 Å². The minimum atomic E-state index is -0.642. The largest absolute Gasteiger partial charge is 0.478 e. The standard InChI is InChI=1S/C22H27N5O4/c1-23-21(29)17-4-3-16(13-24-17)27-9-7-26(8-10-27)14-15-2-5-19-18(12-15)25-22(30)20(31-19)6-11-28/h2-5,12-13,20,28H,6-11,14H2,1H3,(H,23,29)(H,25,30)/t20-/m1/s1. The van der Waals surface area contributed by atoms with Crippen molar-refractivity contribution < 1.29 is 19.4 Å². The molecule has 2 aliphatic rings. The minimum absolute atomic E-state index is 0.0915. The lowest BCUT2D eigenvalue weighted by Crippen LogP contribution is -2.46. The van der Waals surface area contributed by atoms with Crippen molar-refractivity contribution in [1.82, 2.24) is 15.2 Å². The number of pyridine rings is 1. The third-order valence-electron chi connectivity index (χ3n) is 5.61. The number of hydrogen-bond acceptors (Lipinski definition) is 7. The first-order valence-electron chi connectivity index (χ1n) is 10.4. The predicted molar refractivity (Wildman–Crippen MR) is 116 cm³/mol. The second kappa shape index (κ2) is 9.32. The summed E-state index contributed by atoms with van der Waals surface area (Å²) in [7, 11) is 1.59. The van der Waals surface area contributed by atoms with Gasteiger partial charge in [0, 0.05) is 52.8 Å². The van der Waals surface area contributed by atoms with E-state index in [2.05, 4.69) is 25.4 Å². The summed E-state index contributed by atoms with van der Waals surface area (Å²) in [5, 5.41) is 14.5. The maximum Gasteiger partial charge on any atom is 0.269 e. The third kappa shape index (κ3) is 4.78. The Kier molecular flexibility index (Phi) is 6.34. The van der Waals surface area contributed by atoms with Gasteiger partial charge in [-0.2, -0.15) is 0 Å². The number of anilines is 2. The van der Waals surface area contributed by atoms with Crippen molar-refractivity contribution in [2.24, 2.45) is 0 Å². The first-order valence-corrected chi connectivity index (χ1v) is 10.4. The van der Waals surface area contributed by atoms with E-state index in [-0.39, 0.29) is 24.8 Å². The van der Waals surface area contributed by atoms with Crippen LogP contribution in [0.3, 0.4) is 0 Å². The molecular formula is C22H27N5O4. The van der Waals surface area contributed by atoms with Crippen molar-refractivity contribution in [2.45, 2.75) is 19.1 Å². The lowest BCUT2D eigenvalue weighted by Gasteiger charge is -2.36. The van der Waals surface area contributed by atoms with Gasteiger partial charge in [-0.25, -0.2) is 4.98 Å². The Morgan fingerprint density at radius 3 is 2.74 bits per heavy atom. The minimum Gasteiger partial charge on any atom is -0.478 e. The van der Waals surface area contributed by atoms with Crippen LogP contribution in [0, 0.1) is 0 Å². The summed E-state index contributed by atoms with van der Waals surface area (Å²) in [5.74, 6) is 0.231. The fourth-order valence-corrected chi connectivity index (χ4v) is 3.86. The number of aliphatic hydroxyl groups is 1. The molecule has 1 fully saturated rings. The van der Waals surface area contributed by atoms with Gasteiger partial charge in [0.05, 0.1) is 17.6 Å². The van der Waals surface area contributed by atoms with E-state index >= 15 is 0 Å². The summed E-state index contributed by atoms with van der Waals surface area (Å²) in [5.41, 5.74) is 3.21. The number of nitrogens with one attached hydrogen (secondary N) is 2. The highest BCUT2D eigenvalue weighted by Crippen LogP contribution is 2.31. The SMILES string of the molecule is CNC(=O)c1ccc(N2CCN(Cc3ccc4c(c3)NC(=O)[C@@H](CCO)O4)CC2)cn1. The van der Waals surface area contributed by atoms with E-state index in [1.807, 2.05) is 24.3 Å². The van der Waals surface area contributed by atoms with Gasteiger partial charge in [-0.15, -0.1) is 0 Å². The number of ether oxygens (including phenoxy) is 1. The fourth-order valence-electron chi connectivity index (χ4n) is 3.86. The number of piperazine rings is 1. The van der Waals surface area contributed by atoms with Crippen molar-refractivity contribution in [3.63, 3.8) is 0 Å². The van der Waals surface area contributed by atoms with E-state index in [1.54, 1.807) is 19.3 Å². The first kappa shape index (κ1) is 21.1. The van der Waals surface area contributed by atoms with E-state index in [4.69, 9.17) is 9.84 Å². The van der Waals surface area contributed by atoms with Crippen LogP contribution in [0.4, 0.5) is 11.4 Å². The van der Waals surface area contributed by atoms with Crippen molar-refractivity contribution in [3.05, 3.63) is 47.8 Å².